The zero-order valence-electron chi connectivity index (χ0n) is 7.11. The summed E-state index contributed by atoms with van der Waals surface area (Å²) in [5, 5.41) is 0. The average molecular weight is 186 g/mol. The number of rotatable bonds is 3. The van der Waals surface area contributed by atoms with Gasteiger partial charge in [0.1, 0.15) is 0 Å². The van der Waals surface area contributed by atoms with Crippen molar-refractivity contribution in [2.24, 2.45) is 0 Å². The fourth-order valence-electron chi connectivity index (χ4n) is 0.879. The molecule has 0 fully saturated rings. The third-order valence-corrected chi connectivity index (χ3v) is 2.60. The summed E-state index contributed by atoms with van der Waals surface area (Å²) in [6.45, 7) is 0. The Balaban J connectivity index is 2.85. The fourth-order valence-corrected chi connectivity index (χ4v) is 1.82. The zero-order valence-corrected chi connectivity index (χ0v) is 7.93. The van der Waals surface area contributed by atoms with E-state index < -0.39 is 11.5 Å². The summed E-state index contributed by atoms with van der Waals surface area (Å²) in [5.74, 6) is 0. The zero-order chi connectivity index (χ0) is 8.97. The van der Waals surface area contributed by atoms with Crippen LogP contribution in [0.25, 0.3) is 0 Å². The molecule has 1 aromatic rings. The molecule has 0 aliphatic heterocycles. The van der Waals surface area contributed by atoms with E-state index in [0.29, 0.717) is 0 Å². The molecule has 0 radical (unpaired) electrons. The van der Waals surface area contributed by atoms with Gasteiger partial charge in [-0.3, -0.25) is 0 Å². The van der Waals surface area contributed by atoms with Crippen molar-refractivity contribution in [1.29, 1.82) is 0 Å². The second-order valence-corrected chi connectivity index (χ2v) is 3.75. The SMILES string of the molecule is CO[S+](OC)c1cccc(N)c1. The highest BCUT2D eigenvalue weighted by Gasteiger charge is 2.23. The maximum absolute atomic E-state index is 5.60. The van der Waals surface area contributed by atoms with Crippen molar-refractivity contribution in [3.05, 3.63) is 24.3 Å². The van der Waals surface area contributed by atoms with Gasteiger partial charge in [0.25, 0.3) is 0 Å². The van der Waals surface area contributed by atoms with Gasteiger partial charge in [0.15, 0.2) is 0 Å². The molecule has 0 heterocycles. The van der Waals surface area contributed by atoms with Crippen molar-refractivity contribution >= 4 is 17.1 Å². The molecule has 2 N–H and O–H groups in total. The molecule has 0 amide bonds. The van der Waals surface area contributed by atoms with Crippen molar-refractivity contribution in [2.45, 2.75) is 4.90 Å². The normalized spacial score (nSPS) is 10.6. The molecular formula is C8H12NO2S+. The van der Waals surface area contributed by atoms with Gasteiger partial charge in [-0.25, -0.2) is 0 Å². The topological polar surface area (TPSA) is 44.5 Å². The van der Waals surface area contributed by atoms with Crippen LogP contribution < -0.4 is 5.73 Å². The largest absolute Gasteiger partial charge is 0.399 e. The highest BCUT2D eigenvalue weighted by Crippen LogP contribution is 2.17. The van der Waals surface area contributed by atoms with E-state index in [9.17, 15) is 0 Å². The van der Waals surface area contributed by atoms with Gasteiger partial charge in [0, 0.05) is 17.8 Å². The Morgan fingerprint density at radius 2 is 1.92 bits per heavy atom. The number of benzene rings is 1. The molecule has 4 heteroatoms. The van der Waals surface area contributed by atoms with E-state index in [-0.39, 0.29) is 0 Å². The first kappa shape index (κ1) is 9.38. The van der Waals surface area contributed by atoms with E-state index in [0.717, 1.165) is 10.6 Å². The Hall–Kier alpha value is -0.710. The Morgan fingerprint density at radius 1 is 1.25 bits per heavy atom. The highest BCUT2D eigenvalue weighted by atomic mass is 32.2. The Labute approximate surface area is 75.2 Å². The van der Waals surface area contributed by atoms with E-state index in [2.05, 4.69) is 0 Å². The predicted molar refractivity (Wildman–Crippen MR) is 50.5 cm³/mol. The lowest BCUT2D eigenvalue weighted by atomic mass is 10.3. The monoisotopic (exact) mass is 186 g/mol. The average Bonchev–Trinajstić information content (AvgIpc) is 2.07. The second-order valence-electron chi connectivity index (χ2n) is 2.14. The number of hydrogen-bond acceptors (Lipinski definition) is 3. The summed E-state index contributed by atoms with van der Waals surface area (Å²) in [4.78, 5) is 0.958. The lowest BCUT2D eigenvalue weighted by molar-refractivity contribution is 0.358. The number of hydrogen-bond donors (Lipinski definition) is 1. The van der Waals surface area contributed by atoms with Crippen LogP contribution in [-0.2, 0) is 19.8 Å². The quantitative estimate of drug-likeness (QED) is 0.572. The Morgan fingerprint density at radius 3 is 2.42 bits per heavy atom. The maximum atomic E-state index is 5.60. The summed E-state index contributed by atoms with van der Waals surface area (Å²) >= 11 is -0.592. The van der Waals surface area contributed by atoms with E-state index in [1.807, 2.05) is 24.3 Å². The molecule has 0 spiro atoms. The van der Waals surface area contributed by atoms with E-state index in [4.69, 9.17) is 14.1 Å². The molecule has 1 rings (SSSR count). The molecule has 0 atom stereocenters. The molecule has 0 unspecified atom stereocenters. The lowest BCUT2D eigenvalue weighted by Crippen LogP contribution is -2.06. The number of anilines is 1. The minimum absolute atomic E-state index is 0.592. The Kier molecular flexibility index (Phi) is 3.40. The third-order valence-electron chi connectivity index (χ3n) is 1.35. The minimum atomic E-state index is -0.592. The van der Waals surface area contributed by atoms with Crippen LogP contribution in [0.4, 0.5) is 5.69 Å². The van der Waals surface area contributed by atoms with Crippen LogP contribution in [0.3, 0.4) is 0 Å². The van der Waals surface area contributed by atoms with Gasteiger partial charge in [-0.1, -0.05) is 6.07 Å². The van der Waals surface area contributed by atoms with E-state index in [1.165, 1.54) is 0 Å². The van der Waals surface area contributed by atoms with Crippen molar-refractivity contribution in [3.63, 3.8) is 0 Å². The second kappa shape index (κ2) is 4.35. The number of nitrogens with two attached hydrogens (primary N) is 1. The molecule has 0 saturated carbocycles. The molecule has 0 saturated heterocycles. The van der Waals surface area contributed by atoms with Crippen LogP contribution in [-0.4, -0.2) is 14.2 Å². The summed E-state index contributed by atoms with van der Waals surface area (Å²) in [5.41, 5.74) is 6.32. The molecule has 66 valence electrons. The van der Waals surface area contributed by atoms with Crippen LogP contribution in [0.15, 0.2) is 29.2 Å². The highest BCUT2D eigenvalue weighted by molar-refractivity contribution is 7.87. The standard InChI is InChI=1S/C8H12NO2S/c1-10-12(11-2)8-5-3-4-7(9)6-8/h3-6H,9H2,1-2H3/q+1. The third kappa shape index (κ3) is 2.14. The smallest absolute Gasteiger partial charge is 0.355 e. The summed E-state index contributed by atoms with van der Waals surface area (Å²) in [7, 11) is 3.21. The Bertz CT molecular complexity index is 251. The summed E-state index contributed by atoms with van der Waals surface area (Å²) in [6.07, 6.45) is 0. The van der Waals surface area contributed by atoms with E-state index in [1.54, 1.807) is 14.2 Å². The maximum Gasteiger partial charge on any atom is 0.355 e. The van der Waals surface area contributed by atoms with Gasteiger partial charge in [-0.2, -0.15) is 0 Å². The molecule has 1 aromatic carbocycles. The fraction of sp³-hybridized carbons (Fsp3) is 0.250. The number of nitrogen functional groups attached to an aromatic ring is 1. The molecular weight excluding hydrogens is 174 g/mol. The van der Waals surface area contributed by atoms with Crippen LogP contribution in [0.1, 0.15) is 0 Å². The van der Waals surface area contributed by atoms with Gasteiger partial charge in [-0.15, -0.1) is 8.37 Å². The minimum Gasteiger partial charge on any atom is -0.399 e. The molecule has 0 bridgehead atoms. The van der Waals surface area contributed by atoms with Gasteiger partial charge >= 0.3 is 11.5 Å². The van der Waals surface area contributed by atoms with Crippen molar-refractivity contribution in [3.8, 4) is 0 Å². The van der Waals surface area contributed by atoms with Crippen LogP contribution >= 0.6 is 0 Å². The predicted octanol–water partition coefficient (Wildman–Crippen LogP) is 1.37. The van der Waals surface area contributed by atoms with Gasteiger partial charge in [-0.05, 0) is 6.07 Å². The molecule has 12 heavy (non-hydrogen) atoms. The van der Waals surface area contributed by atoms with E-state index >= 15 is 0 Å². The van der Waals surface area contributed by atoms with Crippen LogP contribution in [0, 0.1) is 0 Å². The lowest BCUT2D eigenvalue weighted by Gasteiger charge is -1.98. The van der Waals surface area contributed by atoms with Gasteiger partial charge < -0.3 is 5.73 Å². The summed E-state index contributed by atoms with van der Waals surface area (Å²) in [6, 6.07) is 7.47. The first-order valence-corrected chi connectivity index (χ1v) is 4.54. The van der Waals surface area contributed by atoms with Crippen LogP contribution in [0.5, 0.6) is 0 Å². The molecule has 0 aliphatic rings. The molecule has 0 aromatic heterocycles. The van der Waals surface area contributed by atoms with Crippen LogP contribution in [0.2, 0.25) is 0 Å². The van der Waals surface area contributed by atoms with Gasteiger partial charge in [0.2, 0.25) is 4.90 Å². The van der Waals surface area contributed by atoms with Gasteiger partial charge in [0.05, 0.1) is 14.2 Å². The first-order valence-electron chi connectivity index (χ1n) is 3.46. The summed E-state index contributed by atoms with van der Waals surface area (Å²) < 4.78 is 10.2. The van der Waals surface area contributed by atoms with Crippen molar-refractivity contribution in [1.82, 2.24) is 0 Å². The van der Waals surface area contributed by atoms with Crippen molar-refractivity contribution in [2.75, 3.05) is 20.0 Å². The van der Waals surface area contributed by atoms with Crippen molar-refractivity contribution < 1.29 is 8.37 Å². The molecule has 0 aliphatic carbocycles. The molecule has 3 nitrogen and oxygen atoms in total. The first-order chi connectivity index (χ1) is 5.77.